The maximum atomic E-state index is 12.1. The molecule has 0 radical (unpaired) electrons. The van der Waals surface area contributed by atoms with Crippen molar-refractivity contribution in [3.05, 3.63) is 62.5 Å². The van der Waals surface area contributed by atoms with Crippen LogP contribution in [-0.2, 0) is 0 Å². The molecule has 1 aromatic heterocycles. The number of rotatable bonds is 3. The third-order valence-electron chi connectivity index (χ3n) is 4.72. The third kappa shape index (κ3) is 2.93. The Morgan fingerprint density at radius 3 is 2.28 bits per heavy atom. The number of hydrogen-bond acceptors (Lipinski definition) is 3. The maximum Gasteiger partial charge on any atom is 0.339 e. The zero-order chi connectivity index (χ0) is 18.3. The Morgan fingerprint density at radius 2 is 1.72 bits per heavy atom. The molecule has 4 heteroatoms. The van der Waals surface area contributed by atoms with Crippen molar-refractivity contribution in [3.8, 4) is 16.9 Å². The number of hydrogen-bond donors (Lipinski definition) is 0. The normalized spacial score (nSPS) is 11.3. The third-order valence-corrected chi connectivity index (χ3v) is 5.10. The Bertz CT molecular complexity index is 999. The van der Waals surface area contributed by atoms with Gasteiger partial charge >= 0.3 is 5.63 Å². The van der Waals surface area contributed by atoms with Gasteiger partial charge in [-0.3, -0.25) is 0 Å². The first kappa shape index (κ1) is 17.6. The molecule has 0 amide bonds. The standard InChI is InChI=1S/C21H21ClO3/c1-11(2)14-6-8-15(9-7-14)16-10-17-18(20(24-5)19(16)22)12(3)13(4)21(23)25-17/h6-11H,1-5H3. The fraction of sp³-hybridized carbons (Fsp3) is 0.286. The summed E-state index contributed by atoms with van der Waals surface area (Å²) in [6, 6.07) is 10.0. The Morgan fingerprint density at radius 1 is 1.08 bits per heavy atom. The Kier molecular flexibility index (Phi) is 4.61. The predicted molar refractivity (Wildman–Crippen MR) is 103 cm³/mol. The number of halogens is 1. The van der Waals surface area contributed by atoms with Gasteiger partial charge in [0.1, 0.15) is 11.3 Å². The molecule has 0 saturated heterocycles. The minimum absolute atomic E-state index is 0.338. The molecule has 0 fully saturated rings. The first-order valence-corrected chi connectivity index (χ1v) is 8.63. The van der Waals surface area contributed by atoms with Crippen molar-refractivity contribution >= 4 is 22.6 Å². The number of methoxy groups -OCH3 is 1. The van der Waals surface area contributed by atoms with Gasteiger partial charge in [-0.2, -0.15) is 0 Å². The van der Waals surface area contributed by atoms with E-state index < -0.39 is 0 Å². The number of aryl methyl sites for hydroxylation is 1. The van der Waals surface area contributed by atoms with E-state index in [1.54, 1.807) is 14.0 Å². The van der Waals surface area contributed by atoms with E-state index in [0.29, 0.717) is 27.8 Å². The highest BCUT2D eigenvalue weighted by Gasteiger charge is 2.19. The summed E-state index contributed by atoms with van der Waals surface area (Å²) in [5.41, 5.74) is 4.53. The highest BCUT2D eigenvalue weighted by Crippen LogP contribution is 2.42. The predicted octanol–water partition coefficient (Wildman–Crippen LogP) is 5.86. The molecule has 0 unspecified atom stereocenters. The van der Waals surface area contributed by atoms with Gasteiger partial charge in [0.2, 0.25) is 0 Å². The van der Waals surface area contributed by atoms with E-state index >= 15 is 0 Å². The fourth-order valence-electron chi connectivity index (χ4n) is 3.01. The average Bonchev–Trinajstić information content (AvgIpc) is 2.60. The summed E-state index contributed by atoms with van der Waals surface area (Å²) < 4.78 is 11.1. The molecule has 3 rings (SSSR count). The molecule has 0 atom stereocenters. The SMILES string of the molecule is COc1c(Cl)c(-c2ccc(C(C)C)cc2)cc2oc(=O)c(C)c(C)c12. The lowest BCUT2D eigenvalue weighted by atomic mass is 9.97. The van der Waals surface area contributed by atoms with Crippen molar-refractivity contribution < 1.29 is 9.15 Å². The van der Waals surface area contributed by atoms with Crippen molar-refractivity contribution in [2.75, 3.05) is 7.11 Å². The summed E-state index contributed by atoms with van der Waals surface area (Å²) in [5.74, 6) is 0.991. The van der Waals surface area contributed by atoms with Crippen molar-refractivity contribution in [1.82, 2.24) is 0 Å². The van der Waals surface area contributed by atoms with Crippen LogP contribution >= 0.6 is 11.6 Å². The molecule has 0 spiro atoms. The van der Waals surface area contributed by atoms with Gasteiger partial charge in [0.05, 0.1) is 17.5 Å². The first-order chi connectivity index (χ1) is 11.8. The van der Waals surface area contributed by atoms with Gasteiger partial charge in [-0.05, 0) is 42.5 Å². The molecule has 1 heterocycles. The van der Waals surface area contributed by atoms with E-state index in [9.17, 15) is 4.79 Å². The number of fused-ring (bicyclic) bond motifs is 1. The molecule has 0 saturated carbocycles. The van der Waals surface area contributed by atoms with Crippen molar-refractivity contribution in [3.63, 3.8) is 0 Å². The lowest BCUT2D eigenvalue weighted by Gasteiger charge is -2.15. The van der Waals surface area contributed by atoms with Gasteiger partial charge < -0.3 is 9.15 Å². The van der Waals surface area contributed by atoms with Crippen LogP contribution in [0.5, 0.6) is 5.75 Å². The van der Waals surface area contributed by atoms with Crippen LogP contribution < -0.4 is 10.4 Å². The molecular formula is C21H21ClO3. The van der Waals surface area contributed by atoms with Crippen LogP contribution in [0.1, 0.15) is 36.5 Å². The zero-order valence-electron chi connectivity index (χ0n) is 15.1. The monoisotopic (exact) mass is 356 g/mol. The first-order valence-electron chi connectivity index (χ1n) is 8.26. The molecule has 0 aliphatic heterocycles. The van der Waals surface area contributed by atoms with Gasteiger partial charge in [-0.1, -0.05) is 49.7 Å². The van der Waals surface area contributed by atoms with Gasteiger partial charge in [0, 0.05) is 11.1 Å². The molecule has 0 aliphatic rings. The Labute approximate surface area is 152 Å². The van der Waals surface area contributed by atoms with Gasteiger partial charge in [-0.25, -0.2) is 4.79 Å². The highest BCUT2D eigenvalue weighted by atomic mass is 35.5. The summed E-state index contributed by atoms with van der Waals surface area (Å²) >= 11 is 6.64. The summed E-state index contributed by atoms with van der Waals surface area (Å²) in [7, 11) is 1.58. The van der Waals surface area contributed by atoms with Gasteiger partial charge in [0.25, 0.3) is 0 Å². The molecule has 3 aromatic rings. The molecule has 25 heavy (non-hydrogen) atoms. The van der Waals surface area contributed by atoms with Crippen LogP contribution in [0.15, 0.2) is 39.5 Å². The minimum Gasteiger partial charge on any atom is -0.494 e. The van der Waals surface area contributed by atoms with Crippen LogP contribution in [0.25, 0.3) is 22.1 Å². The van der Waals surface area contributed by atoms with E-state index in [-0.39, 0.29) is 5.63 Å². The molecule has 2 aromatic carbocycles. The van der Waals surface area contributed by atoms with Crippen LogP contribution in [0.3, 0.4) is 0 Å². The smallest absolute Gasteiger partial charge is 0.339 e. The van der Waals surface area contributed by atoms with Crippen LogP contribution in [0.2, 0.25) is 5.02 Å². The second-order valence-corrected chi connectivity index (χ2v) is 6.94. The highest BCUT2D eigenvalue weighted by molar-refractivity contribution is 6.36. The Balaban J connectivity index is 2.31. The fourth-order valence-corrected chi connectivity index (χ4v) is 3.35. The van der Waals surface area contributed by atoms with Gasteiger partial charge in [0.15, 0.2) is 0 Å². The quantitative estimate of drug-likeness (QED) is 0.551. The van der Waals surface area contributed by atoms with E-state index in [1.807, 2.05) is 25.1 Å². The summed E-state index contributed by atoms with van der Waals surface area (Å²) in [4.78, 5) is 12.1. The molecular weight excluding hydrogens is 336 g/mol. The van der Waals surface area contributed by atoms with Crippen molar-refractivity contribution in [2.24, 2.45) is 0 Å². The maximum absolute atomic E-state index is 12.1. The second-order valence-electron chi connectivity index (χ2n) is 6.56. The van der Waals surface area contributed by atoms with E-state index in [2.05, 4.69) is 26.0 Å². The number of ether oxygens (including phenoxy) is 1. The van der Waals surface area contributed by atoms with Crippen LogP contribution in [0.4, 0.5) is 0 Å². The summed E-state index contributed by atoms with van der Waals surface area (Å²) in [6.07, 6.45) is 0. The molecule has 3 nitrogen and oxygen atoms in total. The van der Waals surface area contributed by atoms with Gasteiger partial charge in [-0.15, -0.1) is 0 Å². The zero-order valence-corrected chi connectivity index (χ0v) is 15.8. The van der Waals surface area contributed by atoms with Crippen LogP contribution in [-0.4, -0.2) is 7.11 Å². The lowest BCUT2D eigenvalue weighted by molar-refractivity contribution is 0.418. The van der Waals surface area contributed by atoms with Crippen molar-refractivity contribution in [2.45, 2.75) is 33.6 Å². The van der Waals surface area contributed by atoms with Crippen molar-refractivity contribution in [1.29, 1.82) is 0 Å². The lowest BCUT2D eigenvalue weighted by Crippen LogP contribution is -2.06. The average molecular weight is 357 g/mol. The molecule has 0 aliphatic carbocycles. The van der Waals surface area contributed by atoms with Crippen LogP contribution in [0, 0.1) is 13.8 Å². The van der Waals surface area contributed by atoms with E-state index in [4.69, 9.17) is 20.8 Å². The second kappa shape index (κ2) is 6.57. The number of benzene rings is 2. The topological polar surface area (TPSA) is 39.4 Å². The minimum atomic E-state index is -0.338. The van der Waals surface area contributed by atoms with E-state index in [0.717, 1.165) is 22.1 Å². The molecule has 0 N–H and O–H groups in total. The molecule has 0 bridgehead atoms. The van der Waals surface area contributed by atoms with E-state index in [1.165, 1.54) is 5.56 Å². The summed E-state index contributed by atoms with van der Waals surface area (Å²) in [5, 5.41) is 1.26. The largest absolute Gasteiger partial charge is 0.494 e. The molecule has 130 valence electrons. The Hall–Kier alpha value is -2.26. The summed E-state index contributed by atoms with van der Waals surface area (Å²) in [6.45, 7) is 7.93.